The Balaban J connectivity index is 3.06. The van der Waals surface area contributed by atoms with Crippen LogP contribution in [0.25, 0.3) is 0 Å². The van der Waals surface area contributed by atoms with Gasteiger partial charge in [0.25, 0.3) is 0 Å². The van der Waals surface area contributed by atoms with E-state index in [0.717, 1.165) is 0 Å². The molecule has 2 radical (unpaired) electrons. The van der Waals surface area contributed by atoms with Gasteiger partial charge in [0.05, 0.1) is 0 Å². The summed E-state index contributed by atoms with van der Waals surface area (Å²) in [5, 5.41) is 0. The number of hydrogen-bond donors (Lipinski definition) is 0. The van der Waals surface area contributed by atoms with E-state index in [1.807, 2.05) is 0 Å². The number of rotatable bonds is 59. The molecule has 0 saturated heterocycles. The second kappa shape index (κ2) is 61.9. The van der Waals surface area contributed by atoms with Crippen LogP contribution < -0.4 is 0 Å². The minimum Gasteiger partial charge on any atom is -0.0654 e. The summed E-state index contributed by atoms with van der Waals surface area (Å²) >= 11 is 0. The second-order valence-corrected chi connectivity index (χ2v) is 24.0. The van der Waals surface area contributed by atoms with E-state index in [1.54, 1.807) is 16.5 Å². The molecule has 0 bridgehead atoms. The molecule has 0 N–H and O–H groups in total. The van der Waals surface area contributed by atoms with Crippen LogP contribution >= 0.6 is 16.5 Å². The quantitative estimate of drug-likeness (QED) is 0.0421. The predicted octanol–water partition coefficient (Wildman–Crippen LogP) is 24.7. The lowest BCUT2D eigenvalue weighted by Gasteiger charge is -2.05. The highest BCUT2D eigenvalue weighted by Crippen LogP contribution is 2.38. The summed E-state index contributed by atoms with van der Waals surface area (Å²) in [6, 6.07) is 0. The van der Waals surface area contributed by atoms with Gasteiger partial charge in [-0.25, -0.2) is 0 Å². The molecule has 62 heavy (non-hydrogen) atoms. The maximum absolute atomic E-state index is 2.31. The van der Waals surface area contributed by atoms with E-state index in [-0.39, 0.29) is 0 Å². The molecule has 0 rings (SSSR count). The Morgan fingerprint density at radius 1 is 0.129 bits per heavy atom. The zero-order valence-corrected chi connectivity index (χ0v) is 45.7. The first-order valence-electron chi connectivity index (χ1n) is 30.2. The average molecular weight is 906 g/mol. The van der Waals surface area contributed by atoms with Gasteiger partial charge in [-0.15, -0.1) is 0 Å². The minimum atomic E-state index is 1.37. The molecule has 0 aromatic carbocycles. The largest absolute Gasteiger partial charge is 0.0654 e. The summed E-state index contributed by atoms with van der Waals surface area (Å²) in [5.74, 6) is 0. The van der Waals surface area contributed by atoms with Crippen LogP contribution in [0.1, 0.15) is 373 Å². The third kappa shape index (κ3) is 60.9. The molecule has 0 aromatic heterocycles. The monoisotopic (exact) mass is 905 g/mol. The minimum absolute atomic E-state index is 1.37. The fraction of sp³-hybridized carbons (Fsp3) is 1.00. The van der Waals surface area contributed by atoms with Crippen molar-refractivity contribution >= 4 is 16.5 Å². The van der Waals surface area contributed by atoms with Gasteiger partial charge in [0.2, 0.25) is 0 Å². The standard InChI is InChI=1S/C60H122P2/c1-3-5-7-9-11-13-15-17-19-21-23-25-27-29-31-33-35-37-39-41-43-45-47-49-51-53-55-57-59-61-62-60-58-56-54-52-50-48-46-44-42-40-38-36-34-32-30-28-26-24-22-20-18-16-14-12-10-8-6-4-2/h3-60H2,1-2H3. The van der Waals surface area contributed by atoms with Crippen LogP contribution in [0.2, 0.25) is 0 Å². The molecule has 372 valence electrons. The topological polar surface area (TPSA) is 0 Å². The Hall–Kier alpha value is 0.860. The lowest BCUT2D eigenvalue weighted by Crippen LogP contribution is -1.85. The summed E-state index contributed by atoms with van der Waals surface area (Å²) in [4.78, 5) is 0. The lowest BCUT2D eigenvalue weighted by molar-refractivity contribution is 0.514. The normalized spacial score (nSPS) is 12.1. The van der Waals surface area contributed by atoms with Crippen LogP contribution in [0.4, 0.5) is 0 Å². The summed E-state index contributed by atoms with van der Waals surface area (Å²) in [6.45, 7) is 4.63. The van der Waals surface area contributed by atoms with Gasteiger partial charge in [0, 0.05) is 0 Å². The smallest absolute Gasteiger partial charge is 0.0242 e. The fourth-order valence-corrected chi connectivity index (χ4v) is 12.6. The molecule has 0 aliphatic rings. The Morgan fingerprint density at radius 3 is 0.339 bits per heavy atom. The van der Waals surface area contributed by atoms with E-state index in [1.165, 1.54) is 372 Å². The molecule has 0 spiro atoms. The van der Waals surface area contributed by atoms with E-state index >= 15 is 0 Å². The van der Waals surface area contributed by atoms with E-state index < -0.39 is 0 Å². The summed E-state index contributed by atoms with van der Waals surface area (Å²) in [6.07, 6.45) is 86.2. The maximum atomic E-state index is 2.31. The first-order valence-corrected chi connectivity index (χ1v) is 33.1. The van der Waals surface area contributed by atoms with Gasteiger partial charge in [-0.1, -0.05) is 361 Å². The maximum Gasteiger partial charge on any atom is -0.0242 e. The van der Waals surface area contributed by atoms with Gasteiger partial charge < -0.3 is 0 Å². The molecule has 0 aromatic rings. The molecule has 0 amide bonds. The Bertz CT molecular complexity index is 662. The van der Waals surface area contributed by atoms with Crippen molar-refractivity contribution in [3.8, 4) is 0 Å². The van der Waals surface area contributed by atoms with Crippen LogP contribution in [0.15, 0.2) is 0 Å². The van der Waals surface area contributed by atoms with Crippen LogP contribution in [-0.2, 0) is 0 Å². The molecule has 0 atom stereocenters. The van der Waals surface area contributed by atoms with Gasteiger partial charge in [-0.2, -0.15) is 0 Å². The van der Waals surface area contributed by atoms with Gasteiger partial charge in [-0.3, -0.25) is 0 Å². The molecule has 0 aliphatic heterocycles. The van der Waals surface area contributed by atoms with Gasteiger partial charge in [-0.05, 0) is 41.7 Å². The fourth-order valence-electron chi connectivity index (χ4n) is 9.85. The first-order chi connectivity index (χ1) is 30.9. The first kappa shape index (κ1) is 62.9. The SMILES string of the molecule is CCCCCCCCCCCCCCCCCCCCCCCCCCCCCC[P][P]CCCCCCCCCCCCCCCCCCCCCCCCCCCCCC. The Kier molecular flexibility index (Phi) is 62.7. The summed E-state index contributed by atoms with van der Waals surface area (Å²) in [5.41, 5.74) is 0. The highest BCUT2D eigenvalue weighted by molar-refractivity contribution is 8.11. The molecule has 0 heterocycles. The zero-order valence-electron chi connectivity index (χ0n) is 43.9. The van der Waals surface area contributed by atoms with E-state index in [4.69, 9.17) is 0 Å². The molecule has 0 unspecified atom stereocenters. The van der Waals surface area contributed by atoms with Crippen molar-refractivity contribution < 1.29 is 0 Å². The van der Waals surface area contributed by atoms with Crippen LogP contribution in [-0.4, -0.2) is 12.3 Å². The molecular weight excluding hydrogens is 783 g/mol. The van der Waals surface area contributed by atoms with Crippen molar-refractivity contribution in [3.05, 3.63) is 0 Å². The highest BCUT2D eigenvalue weighted by atomic mass is 32.0. The highest BCUT2D eigenvalue weighted by Gasteiger charge is 2.00. The van der Waals surface area contributed by atoms with Crippen LogP contribution in [0.3, 0.4) is 0 Å². The van der Waals surface area contributed by atoms with E-state index in [0.29, 0.717) is 0 Å². The molecule has 0 aliphatic carbocycles. The van der Waals surface area contributed by atoms with Crippen molar-refractivity contribution in [3.63, 3.8) is 0 Å². The lowest BCUT2D eigenvalue weighted by atomic mass is 10.0. The predicted molar refractivity (Wildman–Crippen MR) is 293 cm³/mol. The van der Waals surface area contributed by atoms with Gasteiger partial charge in [0.15, 0.2) is 0 Å². The van der Waals surface area contributed by atoms with Crippen molar-refractivity contribution in [1.29, 1.82) is 0 Å². The van der Waals surface area contributed by atoms with Crippen molar-refractivity contribution in [2.75, 3.05) is 12.3 Å². The summed E-state index contributed by atoms with van der Waals surface area (Å²) < 4.78 is 0. The van der Waals surface area contributed by atoms with Crippen molar-refractivity contribution in [2.24, 2.45) is 0 Å². The Morgan fingerprint density at radius 2 is 0.226 bits per heavy atom. The number of unbranched alkanes of at least 4 members (excludes halogenated alkanes) is 54. The van der Waals surface area contributed by atoms with E-state index in [9.17, 15) is 0 Å². The van der Waals surface area contributed by atoms with Crippen molar-refractivity contribution in [2.45, 2.75) is 373 Å². The third-order valence-electron chi connectivity index (χ3n) is 14.3. The molecule has 0 nitrogen and oxygen atoms in total. The molecular formula is C60H122P2. The second-order valence-electron chi connectivity index (χ2n) is 20.8. The van der Waals surface area contributed by atoms with Crippen LogP contribution in [0, 0.1) is 0 Å². The average Bonchev–Trinajstić information content (AvgIpc) is 3.28. The summed E-state index contributed by atoms with van der Waals surface area (Å²) in [7, 11) is 3.44. The third-order valence-corrected chi connectivity index (χ3v) is 17.4. The Labute approximate surface area is 400 Å². The van der Waals surface area contributed by atoms with Crippen molar-refractivity contribution in [1.82, 2.24) is 0 Å². The van der Waals surface area contributed by atoms with Gasteiger partial charge in [0.1, 0.15) is 0 Å². The molecule has 0 fully saturated rings. The molecule has 2 heteroatoms. The number of hydrogen-bond acceptors (Lipinski definition) is 0. The van der Waals surface area contributed by atoms with Gasteiger partial charge >= 0.3 is 0 Å². The molecule has 0 saturated carbocycles. The zero-order chi connectivity index (χ0) is 44.4. The van der Waals surface area contributed by atoms with E-state index in [2.05, 4.69) is 13.8 Å². The van der Waals surface area contributed by atoms with Crippen LogP contribution in [0.5, 0.6) is 0 Å².